The molecule has 0 atom stereocenters. The van der Waals surface area contributed by atoms with Gasteiger partial charge in [-0.1, -0.05) is 30.3 Å². The molecular formula is C20H25N3O2. The Hall–Kier alpha value is -2.14. The van der Waals surface area contributed by atoms with Gasteiger partial charge in [-0.15, -0.1) is 0 Å². The van der Waals surface area contributed by atoms with Gasteiger partial charge in [0.2, 0.25) is 0 Å². The number of carboxylic acids is 1. The first-order chi connectivity index (χ1) is 12.1. The van der Waals surface area contributed by atoms with E-state index in [1.165, 1.54) is 12.8 Å². The van der Waals surface area contributed by atoms with Crippen LogP contribution in [0.25, 0.3) is 11.4 Å². The molecule has 132 valence electrons. The van der Waals surface area contributed by atoms with Gasteiger partial charge in [-0.2, -0.15) is 0 Å². The van der Waals surface area contributed by atoms with Crippen LogP contribution in [0.1, 0.15) is 44.2 Å². The number of rotatable bonds is 5. The highest BCUT2D eigenvalue weighted by Crippen LogP contribution is 2.52. The Morgan fingerprint density at radius 1 is 1.24 bits per heavy atom. The molecule has 4 rings (SSSR count). The van der Waals surface area contributed by atoms with Gasteiger partial charge in [-0.3, -0.25) is 4.79 Å². The van der Waals surface area contributed by atoms with E-state index in [2.05, 4.69) is 27.4 Å². The zero-order valence-electron chi connectivity index (χ0n) is 14.4. The Labute approximate surface area is 147 Å². The minimum absolute atomic E-state index is 0.112. The Bertz CT molecular complexity index is 724. The van der Waals surface area contributed by atoms with E-state index in [-0.39, 0.29) is 5.92 Å². The number of carboxylic acid groups (broad SMARTS) is 1. The van der Waals surface area contributed by atoms with Gasteiger partial charge in [0.15, 0.2) is 0 Å². The Balaban J connectivity index is 1.25. The highest BCUT2D eigenvalue weighted by Gasteiger charge is 2.46. The largest absolute Gasteiger partial charge is 0.481 e. The molecule has 2 saturated carbocycles. The maximum Gasteiger partial charge on any atom is 0.306 e. The number of hydrogen-bond donors (Lipinski definition) is 3. The molecule has 0 radical (unpaired) electrons. The Kier molecular flexibility index (Phi) is 4.34. The van der Waals surface area contributed by atoms with Crippen LogP contribution in [0.5, 0.6) is 0 Å². The van der Waals surface area contributed by atoms with E-state index >= 15 is 0 Å². The molecule has 25 heavy (non-hydrogen) atoms. The van der Waals surface area contributed by atoms with Crippen LogP contribution in [0.2, 0.25) is 0 Å². The van der Waals surface area contributed by atoms with Crippen LogP contribution in [-0.4, -0.2) is 27.1 Å². The SMILES string of the molecule is O=C(O)C1CCC2(CC1)CC(NCc1cnc(-c3ccccc3)[nH]1)C2. The van der Waals surface area contributed by atoms with Crippen LogP contribution in [0, 0.1) is 11.3 Å². The molecule has 1 aromatic heterocycles. The summed E-state index contributed by atoms with van der Waals surface area (Å²) >= 11 is 0. The first kappa shape index (κ1) is 16.3. The van der Waals surface area contributed by atoms with Crippen molar-refractivity contribution < 1.29 is 9.90 Å². The third-order valence-corrected chi connectivity index (χ3v) is 6.01. The molecule has 5 nitrogen and oxygen atoms in total. The Morgan fingerprint density at radius 3 is 2.64 bits per heavy atom. The van der Waals surface area contributed by atoms with Gasteiger partial charge in [0.25, 0.3) is 0 Å². The van der Waals surface area contributed by atoms with Crippen molar-refractivity contribution in [1.29, 1.82) is 0 Å². The number of benzene rings is 1. The third-order valence-electron chi connectivity index (χ3n) is 6.01. The number of aromatic amines is 1. The maximum atomic E-state index is 11.1. The van der Waals surface area contributed by atoms with E-state index in [0.717, 1.165) is 49.3 Å². The van der Waals surface area contributed by atoms with Gasteiger partial charge in [0, 0.05) is 30.0 Å². The molecule has 0 aliphatic heterocycles. The molecule has 0 amide bonds. The summed E-state index contributed by atoms with van der Waals surface area (Å²) in [7, 11) is 0. The molecule has 2 aliphatic carbocycles. The lowest BCUT2D eigenvalue weighted by Crippen LogP contribution is -2.50. The number of aliphatic carboxylic acids is 1. The smallest absolute Gasteiger partial charge is 0.306 e. The van der Waals surface area contributed by atoms with Gasteiger partial charge < -0.3 is 15.4 Å². The number of H-pyrrole nitrogens is 1. The molecular weight excluding hydrogens is 314 g/mol. The second-order valence-corrected chi connectivity index (χ2v) is 7.72. The molecule has 1 aromatic carbocycles. The highest BCUT2D eigenvalue weighted by atomic mass is 16.4. The van der Waals surface area contributed by atoms with Crippen LogP contribution in [-0.2, 0) is 11.3 Å². The molecule has 2 aromatic rings. The predicted octanol–water partition coefficient (Wildman–Crippen LogP) is 3.59. The van der Waals surface area contributed by atoms with Gasteiger partial charge in [-0.25, -0.2) is 4.98 Å². The molecule has 1 heterocycles. The minimum atomic E-state index is -0.614. The van der Waals surface area contributed by atoms with Crippen LogP contribution >= 0.6 is 0 Å². The summed E-state index contributed by atoms with van der Waals surface area (Å²) in [5.41, 5.74) is 2.62. The van der Waals surface area contributed by atoms with Crippen molar-refractivity contribution in [3.63, 3.8) is 0 Å². The monoisotopic (exact) mass is 339 g/mol. The summed E-state index contributed by atoms with van der Waals surface area (Å²) in [6, 6.07) is 10.7. The van der Waals surface area contributed by atoms with E-state index < -0.39 is 5.97 Å². The lowest BCUT2D eigenvalue weighted by atomic mass is 9.57. The van der Waals surface area contributed by atoms with Crippen molar-refractivity contribution in [2.75, 3.05) is 0 Å². The highest BCUT2D eigenvalue weighted by molar-refractivity contribution is 5.70. The summed E-state index contributed by atoms with van der Waals surface area (Å²) < 4.78 is 0. The van der Waals surface area contributed by atoms with Crippen molar-refractivity contribution in [1.82, 2.24) is 15.3 Å². The Morgan fingerprint density at radius 2 is 1.96 bits per heavy atom. The first-order valence-corrected chi connectivity index (χ1v) is 9.19. The summed E-state index contributed by atoms with van der Waals surface area (Å²) in [4.78, 5) is 18.9. The van der Waals surface area contributed by atoms with Crippen LogP contribution in [0.4, 0.5) is 0 Å². The van der Waals surface area contributed by atoms with E-state index in [1.54, 1.807) is 0 Å². The molecule has 0 saturated heterocycles. The lowest BCUT2D eigenvalue weighted by Gasteiger charge is -2.51. The van der Waals surface area contributed by atoms with E-state index in [4.69, 9.17) is 5.11 Å². The van der Waals surface area contributed by atoms with Crippen molar-refractivity contribution in [2.24, 2.45) is 11.3 Å². The predicted molar refractivity (Wildman–Crippen MR) is 95.9 cm³/mol. The summed E-state index contributed by atoms with van der Waals surface area (Å²) in [6.07, 6.45) is 8.11. The van der Waals surface area contributed by atoms with Crippen molar-refractivity contribution in [2.45, 2.75) is 51.1 Å². The van der Waals surface area contributed by atoms with E-state index in [9.17, 15) is 4.79 Å². The molecule has 5 heteroatoms. The summed E-state index contributed by atoms with van der Waals surface area (Å²) in [5.74, 6) is 0.186. The number of imidazole rings is 1. The quantitative estimate of drug-likeness (QED) is 0.778. The first-order valence-electron chi connectivity index (χ1n) is 9.19. The number of aromatic nitrogens is 2. The molecule has 2 fully saturated rings. The average molecular weight is 339 g/mol. The molecule has 2 aliphatic rings. The molecule has 1 spiro atoms. The maximum absolute atomic E-state index is 11.1. The average Bonchev–Trinajstić information content (AvgIpc) is 3.08. The molecule has 0 unspecified atom stereocenters. The van der Waals surface area contributed by atoms with Crippen LogP contribution in [0.15, 0.2) is 36.5 Å². The van der Waals surface area contributed by atoms with E-state index in [0.29, 0.717) is 11.5 Å². The van der Waals surface area contributed by atoms with Gasteiger partial charge in [-0.05, 0) is 43.9 Å². The second-order valence-electron chi connectivity index (χ2n) is 7.72. The number of nitrogens with zero attached hydrogens (tertiary/aromatic N) is 1. The fourth-order valence-electron chi connectivity index (χ4n) is 4.46. The van der Waals surface area contributed by atoms with Gasteiger partial charge in [0.05, 0.1) is 5.92 Å². The van der Waals surface area contributed by atoms with Gasteiger partial charge in [0.1, 0.15) is 5.82 Å². The third kappa shape index (κ3) is 3.47. The number of carbonyl (C=O) groups is 1. The van der Waals surface area contributed by atoms with Crippen molar-refractivity contribution in [3.05, 3.63) is 42.2 Å². The summed E-state index contributed by atoms with van der Waals surface area (Å²) in [6.45, 7) is 0.804. The minimum Gasteiger partial charge on any atom is -0.481 e. The normalized spacial score (nSPS) is 28.6. The fourth-order valence-corrected chi connectivity index (χ4v) is 4.46. The fraction of sp³-hybridized carbons (Fsp3) is 0.500. The number of hydrogen-bond acceptors (Lipinski definition) is 3. The zero-order valence-corrected chi connectivity index (χ0v) is 14.4. The molecule has 0 bridgehead atoms. The van der Waals surface area contributed by atoms with Crippen LogP contribution in [0.3, 0.4) is 0 Å². The summed E-state index contributed by atoms with van der Waals surface area (Å²) in [5, 5.41) is 12.7. The van der Waals surface area contributed by atoms with Crippen molar-refractivity contribution >= 4 is 5.97 Å². The lowest BCUT2D eigenvalue weighted by molar-refractivity contribution is -0.144. The molecule has 3 N–H and O–H groups in total. The second kappa shape index (κ2) is 6.64. The van der Waals surface area contributed by atoms with Crippen molar-refractivity contribution in [3.8, 4) is 11.4 Å². The number of nitrogens with one attached hydrogen (secondary N) is 2. The van der Waals surface area contributed by atoms with E-state index in [1.807, 2.05) is 24.4 Å². The van der Waals surface area contributed by atoms with Crippen LogP contribution < -0.4 is 5.32 Å². The zero-order chi connectivity index (χ0) is 17.3. The topological polar surface area (TPSA) is 78.0 Å². The standard InChI is InChI=1S/C20H25N3O2/c24-19(25)15-6-8-20(9-7-15)10-16(11-20)21-12-17-13-22-18(23-17)14-4-2-1-3-5-14/h1-5,13,15-16,21H,6-12H2,(H,22,23)(H,24,25). The van der Waals surface area contributed by atoms with Gasteiger partial charge >= 0.3 is 5.97 Å².